The average Bonchev–Trinajstić information content (AvgIpc) is 3.14. The maximum absolute atomic E-state index is 5.57. The number of nitrogens with one attached hydrogen (secondary N) is 1. The van der Waals surface area contributed by atoms with Crippen LogP contribution in [0.3, 0.4) is 0 Å². The number of nitrogens with zero attached hydrogens (tertiary/aromatic N) is 6. The molecule has 3 aromatic heterocycles. The van der Waals surface area contributed by atoms with Crippen LogP contribution >= 0.6 is 11.3 Å². The van der Waals surface area contributed by atoms with E-state index >= 15 is 0 Å². The summed E-state index contributed by atoms with van der Waals surface area (Å²) in [6, 6.07) is 3.82. The monoisotopic (exact) mass is 393 g/mol. The summed E-state index contributed by atoms with van der Waals surface area (Å²) < 4.78 is 5.57. The number of rotatable bonds is 5. The van der Waals surface area contributed by atoms with Gasteiger partial charge in [-0.2, -0.15) is 0 Å². The quantitative estimate of drug-likeness (QED) is 0.547. The lowest BCUT2D eigenvalue weighted by atomic mass is 10.1. The third-order valence-electron chi connectivity index (χ3n) is 4.23. The van der Waals surface area contributed by atoms with Gasteiger partial charge in [0.2, 0.25) is 0 Å². The summed E-state index contributed by atoms with van der Waals surface area (Å²) in [6.45, 7) is 5.92. The predicted molar refractivity (Wildman–Crippen MR) is 109 cm³/mol. The van der Waals surface area contributed by atoms with E-state index in [4.69, 9.17) is 4.74 Å². The Morgan fingerprint density at radius 2 is 1.82 bits per heavy atom. The van der Waals surface area contributed by atoms with Gasteiger partial charge in [0.05, 0.1) is 13.2 Å². The van der Waals surface area contributed by atoms with E-state index in [2.05, 4.69) is 35.5 Å². The fourth-order valence-electron chi connectivity index (χ4n) is 2.83. The van der Waals surface area contributed by atoms with Crippen LogP contribution in [0.4, 0.5) is 5.82 Å². The largest absolute Gasteiger partial charge is 0.494 e. The third kappa shape index (κ3) is 3.48. The zero-order valence-electron chi connectivity index (χ0n) is 16.0. The average molecular weight is 393 g/mol. The highest BCUT2D eigenvalue weighted by Gasteiger charge is 2.16. The SMILES string of the molecule is COc1cc(-c2ncc(C)cn2)cc2c(NC(C)c3nnc(C)s3)ncnc12. The zero-order chi connectivity index (χ0) is 19.7. The summed E-state index contributed by atoms with van der Waals surface area (Å²) in [5.74, 6) is 1.95. The van der Waals surface area contributed by atoms with Gasteiger partial charge < -0.3 is 10.1 Å². The normalized spacial score (nSPS) is 12.1. The molecule has 142 valence electrons. The number of benzene rings is 1. The molecular formula is C19H19N7OS. The standard InChI is InChI=1S/C19H19N7OS/c1-10-7-20-17(21-8-10)13-5-14-16(15(6-13)27-4)22-9-23-18(14)24-11(2)19-26-25-12(3)28-19/h5-9,11H,1-4H3,(H,22,23,24). The van der Waals surface area contributed by atoms with Crippen molar-refractivity contribution in [2.24, 2.45) is 0 Å². The molecule has 4 rings (SSSR count). The summed E-state index contributed by atoms with van der Waals surface area (Å²) in [6.07, 6.45) is 5.10. The van der Waals surface area contributed by atoms with Crippen molar-refractivity contribution >= 4 is 28.1 Å². The highest BCUT2D eigenvalue weighted by atomic mass is 32.1. The molecule has 0 saturated carbocycles. The number of ether oxygens (including phenoxy) is 1. The smallest absolute Gasteiger partial charge is 0.159 e. The second-order valence-corrected chi connectivity index (χ2v) is 7.62. The Balaban J connectivity index is 1.80. The first-order valence-corrected chi connectivity index (χ1v) is 9.55. The Kier molecular flexibility index (Phi) is 4.82. The van der Waals surface area contributed by atoms with E-state index in [-0.39, 0.29) is 6.04 Å². The van der Waals surface area contributed by atoms with Gasteiger partial charge in [-0.15, -0.1) is 10.2 Å². The summed E-state index contributed by atoms with van der Waals surface area (Å²) >= 11 is 1.56. The molecule has 28 heavy (non-hydrogen) atoms. The Hall–Kier alpha value is -3.20. The van der Waals surface area contributed by atoms with E-state index < -0.39 is 0 Å². The second-order valence-electron chi connectivity index (χ2n) is 6.41. The van der Waals surface area contributed by atoms with Gasteiger partial charge in [0, 0.05) is 23.3 Å². The maximum atomic E-state index is 5.57. The molecule has 0 fully saturated rings. The molecule has 0 amide bonds. The molecule has 1 atom stereocenters. The molecule has 0 aliphatic heterocycles. The molecule has 3 heterocycles. The zero-order valence-corrected chi connectivity index (χ0v) is 16.8. The van der Waals surface area contributed by atoms with Crippen LogP contribution in [0.5, 0.6) is 5.75 Å². The first kappa shape index (κ1) is 18.2. The fraction of sp³-hybridized carbons (Fsp3) is 0.263. The molecule has 0 saturated heterocycles. The molecule has 8 nitrogen and oxygen atoms in total. The molecule has 1 unspecified atom stereocenters. The van der Waals surface area contributed by atoms with Gasteiger partial charge in [-0.3, -0.25) is 0 Å². The molecule has 0 spiro atoms. The molecule has 1 N–H and O–H groups in total. The lowest BCUT2D eigenvalue weighted by molar-refractivity contribution is 0.419. The van der Waals surface area contributed by atoms with Crippen LogP contribution in [0.25, 0.3) is 22.3 Å². The van der Waals surface area contributed by atoms with Crippen molar-refractivity contribution in [2.75, 3.05) is 12.4 Å². The highest BCUT2D eigenvalue weighted by molar-refractivity contribution is 7.11. The van der Waals surface area contributed by atoms with E-state index in [1.165, 1.54) is 6.33 Å². The first-order chi connectivity index (χ1) is 13.5. The Morgan fingerprint density at radius 3 is 2.50 bits per heavy atom. The maximum Gasteiger partial charge on any atom is 0.159 e. The van der Waals surface area contributed by atoms with Crippen molar-refractivity contribution in [3.8, 4) is 17.1 Å². The summed E-state index contributed by atoms with van der Waals surface area (Å²) in [4.78, 5) is 17.7. The van der Waals surface area contributed by atoms with E-state index in [0.29, 0.717) is 17.4 Å². The van der Waals surface area contributed by atoms with Gasteiger partial charge in [0.15, 0.2) is 5.82 Å². The Labute approximate surface area is 166 Å². The van der Waals surface area contributed by atoms with Crippen molar-refractivity contribution in [1.29, 1.82) is 0 Å². The molecule has 4 aromatic rings. The highest BCUT2D eigenvalue weighted by Crippen LogP contribution is 2.34. The Bertz CT molecular complexity index is 1130. The molecule has 0 aliphatic rings. The van der Waals surface area contributed by atoms with Gasteiger partial charge in [-0.1, -0.05) is 11.3 Å². The Morgan fingerprint density at radius 1 is 1.04 bits per heavy atom. The number of aromatic nitrogens is 6. The summed E-state index contributed by atoms with van der Waals surface area (Å²) in [5.41, 5.74) is 2.56. The number of aryl methyl sites for hydroxylation is 2. The summed E-state index contributed by atoms with van der Waals surface area (Å²) in [7, 11) is 1.62. The lowest BCUT2D eigenvalue weighted by Crippen LogP contribution is -2.08. The van der Waals surface area contributed by atoms with Crippen LogP contribution in [0.2, 0.25) is 0 Å². The topological polar surface area (TPSA) is 98.6 Å². The van der Waals surface area contributed by atoms with Crippen LogP contribution in [0.15, 0.2) is 30.9 Å². The van der Waals surface area contributed by atoms with Crippen molar-refractivity contribution < 1.29 is 4.74 Å². The van der Waals surface area contributed by atoms with Crippen molar-refractivity contribution in [3.63, 3.8) is 0 Å². The molecule has 9 heteroatoms. The number of hydrogen-bond donors (Lipinski definition) is 1. The number of methoxy groups -OCH3 is 1. The van der Waals surface area contributed by atoms with Crippen LogP contribution in [-0.4, -0.2) is 37.2 Å². The van der Waals surface area contributed by atoms with Gasteiger partial charge in [0.25, 0.3) is 0 Å². The fourth-order valence-corrected chi connectivity index (χ4v) is 3.53. The van der Waals surface area contributed by atoms with E-state index in [1.54, 1.807) is 30.8 Å². The van der Waals surface area contributed by atoms with Gasteiger partial charge in [-0.25, -0.2) is 19.9 Å². The minimum atomic E-state index is -0.0467. The molecule has 0 aliphatic carbocycles. The van der Waals surface area contributed by atoms with Crippen molar-refractivity contribution in [1.82, 2.24) is 30.1 Å². The summed E-state index contributed by atoms with van der Waals surface area (Å²) in [5, 5.41) is 14.4. The van der Waals surface area contributed by atoms with E-state index in [1.807, 2.05) is 32.9 Å². The van der Waals surface area contributed by atoms with Crippen LogP contribution in [-0.2, 0) is 0 Å². The first-order valence-electron chi connectivity index (χ1n) is 8.73. The molecule has 0 radical (unpaired) electrons. The van der Waals surface area contributed by atoms with Gasteiger partial charge in [-0.05, 0) is 38.5 Å². The van der Waals surface area contributed by atoms with Crippen molar-refractivity contribution in [2.45, 2.75) is 26.8 Å². The number of fused-ring (bicyclic) bond motifs is 1. The van der Waals surface area contributed by atoms with E-state index in [0.717, 1.165) is 32.0 Å². The van der Waals surface area contributed by atoms with Crippen LogP contribution in [0.1, 0.15) is 28.5 Å². The second kappa shape index (κ2) is 7.43. The molecule has 1 aromatic carbocycles. The minimum absolute atomic E-state index is 0.0467. The third-order valence-corrected chi connectivity index (χ3v) is 5.25. The van der Waals surface area contributed by atoms with Gasteiger partial charge >= 0.3 is 0 Å². The van der Waals surface area contributed by atoms with Gasteiger partial charge in [0.1, 0.15) is 33.4 Å². The molecule has 0 bridgehead atoms. The number of anilines is 1. The van der Waals surface area contributed by atoms with Crippen LogP contribution < -0.4 is 10.1 Å². The van der Waals surface area contributed by atoms with E-state index in [9.17, 15) is 0 Å². The lowest BCUT2D eigenvalue weighted by Gasteiger charge is -2.15. The van der Waals surface area contributed by atoms with Crippen molar-refractivity contribution in [3.05, 3.63) is 46.4 Å². The minimum Gasteiger partial charge on any atom is -0.494 e. The predicted octanol–water partition coefficient (Wildman–Crippen LogP) is 3.74. The van der Waals surface area contributed by atoms with Crippen LogP contribution in [0, 0.1) is 13.8 Å². The number of hydrogen-bond acceptors (Lipinski definition) is 9. The molecular weight excluding hydrogens is 374 g/mol.